The molecule has 21 heavy (non-hydrogen) atoms. The standard InChI is InChI=1S/C14H16N2O5/c1-8(2)13-15-12(21-16-13)7-20-10-5-4-9(14(17)18)6-11(10)19-3/h4-6,8H,7H2,1-3H3,(H,17,18). The van der Waals surface area contributed by atoms with E-state index in [1.165, 1.54) is 25.3 Å². The van der Waals surface area contributed by atoms with Crippen LogP contribution >= 0.6 is 0 Å². The Balaban J connectivity index is 2.10. The molecule has 0 saturated carbocycles. The van der Waals surface area contributed by atoms with Crippen LogP contribution < -0.4 is 9.47 Å². The Morgan fingerprint density at radius 1 is 1.38 bits per heavy atom. The molecular formula is C14H16N2O5. The Bertz CT molecular complexity index is 636. The fourth-order valence-electron chi connectivity index (χ4n) is 1.62. The molecular weight excluding hydrogens is 276 g/mol. The van der Waals surface area contributed by atoms with Crippen molar-refractivity contribution >= 4 is 5.97 Å². The molecule has 7 heteroatoms. The summed E-state index contributed by atoms with van der Waals surface area (Å²) in [6, 6.07) is 4.36. The predicted molar refractivity (Wildman–Crippen MR) is 72.7 cm³/mol. The second-order valence-electron chi connectivity index (χ2n) is 4.66. The van der Waals surface area contributed by atoms with E-state index >= 15 is 0 Å². The van der Waals surface area contributed by atoms with Gasteiger partial charge in [0.1, 0.15) is 0 Å². The topological polar surface area (TPSA) is 94.7 Å². The van der Waals surface area contributed by atoms with E-state index in [-0.39, 0.29) is 18.1 Å². The maximum absolute atomic E-state index is 10.9. The van der Waals surface area contributed by atoms with Crippen molar-refractivity contribution in [2.45, 2.75) is 26.4 Å². The van der Waals surface area contributed by atoms with Crippen LogP contribution in [0.4, 0.5) is 0 Å². The predicted octanol–water partition coefficient (Wildman–Crippen LogP) is 2.48. The van der Waals surface area contributed by atoms with Crippen molar-refractivity contribution in [3.63, 3.8) is 0 Å². The molecule has 1 heterocycles. The summed E-state index contributed by atoms with van der Waals surface area (Å²) in [4.78, 5) is 15.1. The van der Waals surface area contributed by atoms with Gasteiger partial charge in [-0.3, -0.25) is 0 Å². The SMILES string of the molecule is COc1cc(C(=O)O)ccc1OCc1nc(C(C)C)no1. The monoisotopic (exact) mass is 292 g/mol. The molecule has 0 bridgehead atoms. The maximum atomic E-state index is 10.9. The van der Waals surface area contributed by atoms with E-state index in [9.17, 15) is 4.79 Å². The third-order valence-corrected chi connectivity index (χ3v) is 2.76. The van der Waals surface area contributed by atoms with E-state index < -0.39 is 5.97 Å². The highest BCUT2D eigenvalue weighted by atomic mass is 16.5. The van der Waals surface area contributed by atoms with Gasteiger partial charge in [-0.15, -0.1) is 0 Å². The van der Waals surface area contributed by atoms with Crippen LogP contribution in [0.15, 0.2) is 22.7 Å². The number of ether oxygens (including phenoxy) is 2. The van der Waals surface area contributed by atoms with Crippen LogP contribution in [0.1, 0.15) is 41.8 Å². The van der Waals surface area contributed by atoms with Crippen molar-refractivity contribution in [2.24, 2.45) is 0 Å². The number of nitrogens with zero attached hydrogens (tertiary/aromatic N) is 2. The number of benzene rings is 1. The van der Waals surface area contributed by atoms with Gasteiger partial charge in [0, 0.05) is 5.92 Å². The largest absolute Gasteiger partial charge is 0.493 e. The molecule has 0 aliphatic carbocycles. The minimum absolute atomic E-state index is 0.0858. The van der Waals surface area contributed by atoms with Crippen LogP contribution in [0.2, 0.25) is 0 Å². The highest BCUT2D eigenvalue weighted by molar-refractivity contribution is 5.88. The summed E-state index contributed by atoms with van der Waals surface area (Å²) in [7, 11) is 1.44. The first-order chi connectivity index (χ1) is 10.0. The smallest absolute Gasteiger partial charge is 0.335 e. The zero-order chi connectivity index (χ0) is 15.4. The molecule has 2 rings (SSSR count). The Hall–Kier alpha value is -2.57. The van der Waals surface area contributed by atoms with Crippen molar-refractivity contribution in [2.75, 3.05) is 7.11 Å². The summed E-state index contributed by atoms with van der Waals surface area (Å²) in [5, 5.41) is 12.8. The summed E-state index contributed by atoms with van der Waals surface area (Å²) < 4.78 is 15.7. The quantitative estimate of drug-likeness (QED) is 0.873. The van der Waals surface area contributed by atoms with E-state index in [2.05, 4.69) is 10.1 Å². The number of carboxylic acid groups (broad SMARTS) is 1. The van der Waals surface area contributed by atoms with E-state index in [1.54, 1.807) is 0 Å². The second-order valence-corrected chi connectivity index (χ2v) is 4.66. The molecule has 2 aromatic rings. The van der Waals surface area contributed by atoms with Crippen molar-refractivity contribution < 1.29 is 23.9 Å². The minimum atomic E-state index is -1.03. The molecule has 0 fully saturated rings. The summed E-state index contributed by atoms with van der Waals surface area (Å²) >= 11 is 0. The van der Waals surface area contributed by atoms with E-state index in [0.717, 1.165) is 0 Å². The molecule has 0 atom stereocenters. The van der Waals surface area contributed by atoms with Gasteiger partial charge in [0.25, 0.3) is 5.89 Å². The van der Waals surface area contributed by atoms with Crippen molar-refractivity contribution in [3.05, 3.63) is 35.5 Å². The number of hydrogen-bond donors (Lipinski definition) is 1. The van der Waals surface area contributed by atoms with E-state index in [4.69, 9.17) is 19.1 Å². The van der Waals surface area contributed by atoms with E-state index in [1.807, 2.05) is 13.8 Å². The highest BCUT2D eigenvalue weighted by Gasteiger charge is 2.13. The zero-order valence-electron chi connectivity index (χ0n) is 12.0. The molecule has 0 aliphatic rings. The Morgan fingerprint density at radius 3 is 2.71 bits per heavy atom. The van der Waals surface area contributed by atoms with Gasteiger partial charge in [0.15, 0.2) is 23.9 Å². The number of aromatic nitrogens is 2. The third kappa shape index (κ3) is 3.50. The molecule has 0 saturated heterocycles. The molecule has 0 amide bonds. The molecule has 0 spiro atoms. The van der Waals surface area contributed by atoms with Gasteiger partial charge in [-0.2, -0.15) is 4.98 Å². The second kappa shape index (κ2) is 6.25. The molecule has 1 aromatic heterocycles. The lowest BCUT2D eigenvalue weighted by molar-refractivity contribution is 0.0696. The number of hydrogen-bond acceptors (Lipinski definition) is 6. The summed E-state index contributed by atoms with van der Waals surface area (Å²) in [5.74, 6) is 0.848. The molecule has 0 aliphatic heterocycles. The molecule has 0 unspecified atom stereocenters. The lowest BCUT2D eigenvalue weighted by atomic mass is 10.2. The van der Waals surface area contributed by atoms with Crippen molar-refractivity contribution in [1.82, 2.24) is 10.1 Å². The molecule has 1 N–H and O–H groups in total. The van der Waals surface area contributed by atoms with Crippen LogP contribution in [0.25, 0.3) is 0 Å². The molecule has 0 radical (unpaired) electrons. The number of methoxy groups -OCH3 is 1. The average Bonchev–Trinajstić information content (AvgIpc) is 2.93. The third-order valence-electron chi connectivity index (χ3n) is 2.76. The Labute approximate surface area is 121 Å². The Morgan fingerprint density at radius 2 is 2.14 bits per heavy atom. The van der Waals surface area contributed by atoms with E-state index in [0.29, 0.717) is 23.2 Å². The Kier molecular flexibility index (Phi) is 4.42. The number of carbonyl (C=O) groups is 1. The van der Waals surface area contributed by atoms with Crippen LogP contribution in [-0.2, 0) is 6.61 Å². The van der Waals surface area contributed by atoms with Gasteiger partial charge in [0.05, 0.1) is 12.7 Å². The summed E-state index contributed by atoms with van der Waals surface area (Å²) in [5.41, 5.74) is 0.124. The molecule has 1 aromatic carbocycles. The summed E-state index contributed by atoms with van der Waals surface area (Å²) in [6.45, 7) is 4.01. The highest BCUT2D eigenvalue weighted by Crippen LogP contribution is 2.28. The molecule has 112 valence electrons. The van der Waals surface area contributed by atoms with Crippen LogP contribution in [0.5, 0.6) is 11.5 Å². The van der Waals surface area contributed by atoms with Gasteiger partial charge in [0.2, 0.25) is 0 Å². The number of carboxylic acids is 1. The van der Waals surface area contributed by atoms with Crippen LogP contribution in [0.3, 0.4) is 0 Å². The molecule has 7 nitrogen and oxygen atoms in total. The summed E-state index contributed by atoms with van der Waals surface area (Å²) in [6.07, 6.45) is 0. The van der Waals surface area contributed by atoms with Crippen LogP contribution in [0, 0.1) is 0 Å². The van der Waals surface area contributed by atoms with Gasteiger partial charge in [-0.1, -0.05) is 19.0 Å². The van der Waals surface area contributed by atoms with Crippen molar-refractivity contribution in [3.8, 4) is 11.5 Å². The van der Waals surface area contributed by atoms with Gasteiger partial charge >= 0.3 is 5.97 Å². The average molecular weight is 292 g/mol. The van der Waals surface area contributed by atoms with Gasteiger partial charge < -0.3 is 19.1 Å². The van der Waals surface area contributed by atoms with Gasteiger partial charge in [-0.25, -0.2) is 4.79 Å². The lowest BCUT2D eigenvalue weighted by Gasteiger charge is -2.09. The minimum Gasteiger partial charge on any atom is -0.493 e. The normalized spacial score (nSPS) is 10.7. The van der Waals surface area contributed by atoms with Crippen LogP contribution in [-0.4, -0.2) is 28.3 Å². The number of rotatable bonds is 6. The first-order valence-corrected chi connectivity index (χ1v) is 6.38. The first kappa shape index (κ1) is 14.8. The lowest BCUT2D eigenvalue weighted by Crippen LogP contribution is -2.01. The number of aromatic carboxylic acids is 1. The first-order valence-electron chi connectivity index (χ1n) is 6.38. The maximum Gasteiger partial charge on any atom is 0.335 e. The fraction of sp³-hybridized carbons (Fsp3) is 0.357. The van der Waals surface area contributed by atoms with Gasteiger partial charge in [-0.05, 0) is 18.2 Å². The fourth-order valence-corrected chi connectivity index (χ4v) is 1.62. The van der Waals surface area contributed by atoms with Crippen molar-refractivity contribution in [1.29, 1.82) is 0 Å². The zero-order valence-corrected chi connectivity index (χ0v) is 12.0.